The maximum Gasteiger partial charge on any atom is 0.0486 e. The molecule has 1 aliphatic heterocycles. The highest BCUT2D eigenvalue weighted by molar-refractivity contribution is 6.30. The zero-order valence-corrected chi connectivity index (χ0v) is 12.7. The number of rotatable bonds is 3. The highest BCUT2D eigenvalue weighted by Crippen LogP contribution is 2.56. The second kappa shape index (κ2) is 4.84. The smallest absolute Gasteiger partial charge is 0.0486 e. The van der Waals surface area contributed by atoms with Crippen LogP contribution in [0, 0.1) is 0 Å². The molecule has 0 saturated heterocycles. The third kappa shape index (κ3) is 2.02. The molecule has 0 aromatic heterocycles. The van der Waals surface area contributed by atoms with Crippen LogP contribution in [0.4, 0.5) is 0 Å². The minimum absolute atomic E-state index is 0.177. The van der Waals surface area contributed by atoms with Gasteiger partial charge in [-0.05, 0) is 41.7 Å². The van der Waals surface area contributed by atoms with Crippen LogP contribution in [-0.2, 0) is 12.1 Å². The van der Waals surface area contributed by atoms with Crippen molar-refractivity contribution < 1.29 is 0 Å². The summed E-state index contributed by atoms with van der Waals surface area (Å²) in [4.78, 5) is 2.59. The number of fused-ring (bicyclic) bond motifs is 1. The topological polar surface area (TPSA) is 29.3 Å². The molecule has 1 fully saturated rings. The van der Waals surface area contributed by atoms with Gasteiger partial charge in [-0.2, -0.15) is 0 Å². The first-order chi connectivity index (χ1) is 10.2. The quantitative estimate of drug-likeness (QED) is 0.933. The lowest BCUT2D eigenvalue weighted by atomic mass is 10.0. The van der Waals surface area contributed by atoms with Gasteiger partial charge in [0.15, 0.2) is 0 Å². The van der Waals surface area contributed by atoms with Crippen molar-refractivity contribution in [3.63, 3.8) is 0 Å². The maximum absolute atomic E-state index is 6.18. The van der Waals surface area contributed by atoms with Crippen LogP contribution < -0.4 is 5.73 Å². The van der Waals surface area contributed by atoms with Gasteiger partial charge in [-0.15, -0.1) is 0 Å². The SMILES string of the molecule is NCC1c2cc(Cl)ccc2CN1C1(c2ccccc2)CC1. The molecule has 0 spiro atoms. The van der Waals surface area contributed by atoms with E-state index in [-0.39, 0.29) is 11.6 Å². The van der Waals surface area contributed by atoms with Gasteiger partial charge in [0.1, 0.15) is 0 Å². The molecule has 2 N–H and O–H groups in total. The maximum atomic E-state index is 6.18. The van der Waals surface area contributed by atoms with E-state index in [1.165, 1.54) is 29.5 Å². The molecule has 21 heavy (non-hydrogen) atoms. The van der Waals surface area contributed by atoms with Crippen LogP contribution in [0.15, 0.2) is 48.5 Å². The van der Waals surface area contributed by atoms with Gasteiger partial charge in [0.25, 0.3) is 0 Å². The van der Waals surface area contributed by atoms with Crippen molar-refractivity contribution in [1.82, 2.24) is 4.90 Å². The van der Waals surface area contributed by atoms with Crippen LogP contribution in [0.25, 0.3) is 0 Å². The fourth-order valence-electron chi connectivity index (χ4n) is 3.79. The molecule has 3 heteroatoms. The monoisotopic (exact) mass is 298 g/mol. The van der Waals surface area contributed by atoms with Crippen molar-refractivity contribution >= 4 is 11.6 Å². The zero-order chi connectivity index (χ0) is 14.4. The molecule has 0 bridgehead atoms. The Hall–Kier alpha value is -1.35. The Bertz CT molecular complexity index is 664. The third-order valence-electron chi connectivity index (χ3n) is 4.99. The Morgan fingerprint density at radius 3 is 2.57 bits per heavy atom. The van der Waals surface area contributed by atoms with E-state index < -0.39 is 0 Å². The van der Waals surface area contributed by atoms with Crippen LogP contribution in [0.1, 0.15) is 35.6 Å². The van der Waals surface area contributed by atoms with E-state index in [0.29, 0.717) is 6.54 Å². The van der Waals surface area contributed by atoms with E-state index >= 15 is 0 Å². The summed E-state index contributed by atoms with van der Waals surface area (Å²) in [5, 5.41) is 0.804. The molecule has 0 amide bonds. The summed E-state index contributed by atoms with van der Waals surface area (Å²) in [7, 11) is 0. The third-order valence-corrected chi connectivity index (χ3v) is 5.23. The Morgan fingerprint density at radius 1 is 1.14 bits per heavy atom. The van der Waals surface area contributed by atoms with Crippen molar-refractivity contribution in [2.24, 2.45) is 5.73 Å². The minimum atomic E-state index is 0.177. The first-order valence-electron chi connectivity index (χ1n) is 7.55. The molecule has 0 radical (unpaired) electrons. The normalized spacial score (nSPS) is 23.0. The number of hydrogen-bond acceptors (Lipinski definition) is 2. The molecule has 1 atom stereocenters. The highest BCUT2D eigenvalue weighted by Gasteiger charge is 2.53. The average Bonchev–Trinajstić information content (AvgIpc) is 3.24. The molecule has 1 unspecified atom stereocenters. The summed E-state index contributed by atoms with van der Waals surface area (Å²) in [5.41, 5.74) is 10.4. The van der Waals surface area contributed by atoms with Crippen LogP contribution in [0.3, 0.4) is 0 Å². The zero-order valence-electron chi connectivity index (χ0n) is 11.9. The summed E-state index contributed by atoms with van der Waals surface area (Å²) in [5.74, 6) is 0. The molecule has 2 nitrogen and oxygen atoms in total. The van der Waals surface area contributed by atoms with Crippen LogP contribution in [0.5, 0.6) is 0 Å². The number of halogens is 1. The van der Waals surface area contributed by atoms with E-state index in [0.717, 1.165) is 11.6 Å². The highest BCUT2D eigenvalue weighted by atomic mass is 35.5. The Morgan fingerprint density at radius 2 is 1.90 bits per heavy atom. The van der Waals surface area contributed by atoms with Gasteiger partial charge >= 0.3 is 0 Å². The molecule has 1 heterocycles. The van der Waals surface area contributed by atoms with Gasteiger partial charge in [0, 0.05) is 29.7 Å². The van der Waals surface area contributed by atoms with E-state index in [2.05, 4.69) is 47.4 Å². The van der Waals surface area contributed by atoms with E-state index in [4.69, 9.17) is 17.3 Å². The number of nitrogens with two attached hydrogens (primary N) is 1. The van der Waals surface area contributed by atoms with Crippen molar-refractivity contribution in [2.45, 2.75) is 31.0 Å². The Kier molecular flexibility index (Phi) is 3.07. The summed E-state index contributed by atoms with van der Waals surface area (Å²) in [6.45, 7) is 1.62. The van der Waals surface area contributed by atoms with Crippen molar-refractivity contribution in [3.8, 4) is 0 Å². The van der Waals surface area contributed by atoms with Gasteiger partial charge in [0.2, 0.25) is 0 Å². The number of benzene rings is 2. The van der Waals surface area contributed by atoms with E-state index in [9.17, 15) is 0 Å². The lowest BCUT2D eigenvalue weighted by molar-refractivity contribution is 0.129. The molecular weight excluding hydrogens is 280 g/mol. The predicted molar refractivity (Wildman–Crippen MR) is 86.1 cm³/mol. The molecule has 1 aliphatic carbocycles. The summed E-state index contributed by atoms with van der Waals surface area (Å²) in [6, 6.07) is 17.4. The fraction of sp³-hybridized carbons (Fsp3) is 0.333. The van der Waals surface area contributed by atoms with E-state index in [1.807, 2.05) is 6.07 Å². The van der Waals surface area contributed by atoms with Gasteiger partial charge in [-0.25, -0.2) is 0 Å². The molecule has 4 rings (SSSR count). The summed E-state index contributed by atoms with van der Waals surface area (Å²) < 4.78 is 0. The number of nitrogens with zero attached hydrogens (tertiary/aromatic N) is 1. The first kappa shape index (κ1) is 13.3. The second-order valence-electron chi connectivity index (χ2n) is 6.12. The minimum Gasteiger partial charge on any atom is -0.329 e. The van der Waals surface area contributed by atoms with Crippen LogP contribution >= 0.6 is 11.6 Å². The Labute approximate surface area is 130 Å². The first-order valence-corrected chi connectivity index (χ1v) is 7.93. The lowest BCUT2D eigenvalue weighted by Gasteiger charge is -2.33. The molecular formula is C18H19ClN2. The van der Waals surface area contributed by atoms with Crippen LogP contribution in [0.2, 0.25) is 5.02 Å². The van der Waals surface area contributed by atoms with Crippen LogP contribution in [-0.4, -0.2) is 11.4 Å². The van der Waals surface area contributed by atoms with E-state index in [1.54, 1.807) is 0 Å². The van der Waals surface area contributed by atoms with Crippen molar-refractivity contribution in [3.05, 3.63) is 70.2 Å². The van der Waals surface area contributed by atoms with Gasteiger partial charge in [0.05, 0.1) is 0 Å². The molecule has 2 aliphatic rings. The molecule has 1 saturated carbocycles. The summed E-state index contributed by atoms with van der Waals surface area (Å²) in [6.07, 6.45) is 2.43. The number of hydrogen-bond donors (Lipinski definition) is 1. The standard InChI is InChI=1S/C18H19ClN2/c19-15-7-6-13-12-21(17(11-20)16(13)10-15)18(8-9-18)14-4-2-1-3-5-14/h1-7,10,17H,8-9,11-12,20H2. The van der Waals surface area contributed by atoms with Crippen molar-refractivity contribution in [1.29, 1.82) is 0 Å². The van der Waals surface area contributed by atoms with Crippen molar-refractivity contribution in [2.75, 3.05) is 6.54 Å². The largest absolute Gasteiger partial charge is 0.329 e. The molecule has 2 aromatic carbocycles. The van der Waals surface area contributed by atoms with Gasteiger partial charge in [-0.1, -0.05) is 48.0 Å². The summed E-state index contributed by atoms with van der Waals surface area (Å²) >= 11 is 6.18. The lowest BCUT2D eigenvalue weighted by Crippen LogP contribution is -2.37. The van der Waals surface area contributed by atoms with Gasteiger partial charge < -0.3 is 5.73 Å². The fourth-order valence-corrected chi connectivity index (χ4v) is 3.97. The average molecular weight is 299 g/mol. The predicted octanol–water partition coefficient (Wildman–Crippen LogP) is 3.84. The second-order valence-corrected chi connectivity index (χ2v) is 6.56. The molecule has 108 valence electrons. The molecule has 2 aromatic rings. The Balaban J connectivity index is 1.74. The van der Waals surface area contributed by atoms with Gasteiger partial charge in [-0.3, -0.25) is 4.90 Å².